The number of ether oxygens (including phenoxy) is 2. The summed E-state index contributed by atoms with van der Waals surface area (Å²) >= 11 is 0. The number of fused-ring (bicyclic) bond motifs is 7. The molecule has 55 heavy (non-hydrogen) atoms. The van der Waals surface area contributed by atoms with E-state index in [0.29, 0.717) is 64.0 Å². The molecule has 11 heteroatoms. The van der Waals surface area contributed by atoms with Crippen LogP contribution in [-0.2, 0) is 41.7 Å². The SMILES string of the molecule is CCOC(=O)C1CCN([C@H]2CC[C@@]3(C)[C@@H](CC[C@]4(C)[C@@H]3C(=O)C=C3[C@@H]5C[C@@](C)(C(=O)O)CC[C@]5(C)CC[C@]34C)[C@]2(C)C(=O)OCc2oc(=O)oc2CC)CC1. The van der Waals surface area contributed by atoms with Crippen LogP contribution in [0.3, 0.4) is 0 Å². The third kappa shape index (κ3) is 5.93. The van der Waals surface area contributed by atoms with Crippen molar-refractivity contribution in [2.24, 2.45) is 56.2 Å². The van der Waals surface area contributed by atoms with Crippen LogP contribution in [0.5, 0.6) is 0 Å². The molecule has 1 aliphatic heterocycles. The lowest BCUT2D eigenvalue weighted by atomic mass is 9.33. The molecule has 7 rings (SSSR count). The normalized spacial score (nSPS) is 41.9. The summed E-state index contributed by atoms with van der Waals surface area (Å²) < 4.78 is 22.0. The number of aryl methyl sites for hydroxylation is 1. The minimum Gasteiger partial charge on any atom is -0.481 e. The second-order valence-electron chi connectivity index (χ2n) is 19.7. The fourth-order valence-corrected chi connectivity index (χ4v) is 13.6. The average Bonchev–Trinajstić information content (AvgIpc) is 3.51. The maximum Gasteiger partial charge on any atom is 0.519 e. The number of ketones is 1. The van der Waals surface area contributed by atoms with Gasteiger partial charge in [0, 0.05) is 18.4 Å². The molecular weight excluding hydrogens is 702 g/mol. The predicted octanol–water partition coefficient (Wildman–Crippen LogP) is 7.53. The molecule has 5 aliphatic carbocycles. The summed E-state index contributed by atoms with van der Waals surface area (Å²) in [5.74, 6) is -2.09. The van der Waals surface area contributed by atoms with Crippen LogP contribution in [0.1, 0.15) is 138 Å². The van der Waals surface area contributed by atoms with Crippen LogP contribution in [0.4, 0.5) is 0 Å². The number of aliphatic carboxylic acids is 1. The van der Waals surface area contributed by atoms with E-state index in [-0.39, 0.29) is 76.0 Å². The van der Waals surface area contributed by atoms with E-state index in [1.807, 2.05) is 33.8 Å². The van der Waals surface area contributed by atoms with Crippen molar-refractivity contribution in [2.45, 2.75) is 145 Å². The Morgan fingerprint density at radius 2 is 1.53 bits per heavy atom. The van der Waals surface area contributed by atoms with Gasteiger partial charge < -0.3 is 23.4 Å². The molecule has 0 spiro atoms. The van der Waals surface area contributed by atoms with Gasteiger partial charge in [-0.1, -0.05) is 40.2 Å². The monoisotopic (exact) mass is 765 g/mol. The number of piperidine rings is 1. The summed E-state index contributed by atoms with van der Waals surface area (Å²) in [7, 11) is 0. The van der Waals surface area contributed by atoms with Gasteiger partial charge in [0.1, 0.15) is 0 Å². The fourth-order valence-electron chi connectivity index (χ4n) is 13.6. The molecule has 1 aromatic rings. The molecule has 2 heterocycles. The van der Waals surface area contributed by atoms with Crippen molar-refractivity contribution in [2.75, 3.05) is 19.7 Å². The van der Waals surface area contributed by atoms with Gasteiger partial charge in [-0.2, -0.15) is 0 Å². The number of carbonyl (C=O) groups excluding carboxylic acids is 3. The van der Waals surface area contributed by atoms with Gasteiger partial charge >= 0.3 is 23.7 Å². The highest BCUT2D eigenvalue weighted by molar-refractivity contribution is 5.96. The van der Waals surface area contributed by atoms with Crippen LogP contribution < -0.4 is 5.82 Å². The highest BCUT2D eigenvalue weighted by Crippen LogP contribution is 2.75. The van der Waals surface area contributed by atoms with E-state index in [9.17, 15) is 24.3 Å². The van der Waals surface area contributed by atoms with Gasteiger partial charge in [-0.3, -0.25) is 24.1 Å². The minimum absolute atomic E-state index is 0.0258. The molecule has 1 N–H and O–H groups in total. The molecule has 1 aromatic heterocycles. The first-order valence-corrected chi connectivity index (χ1v) is 21.0. The molecule has 1 saturated heterocycles. The lowest BCUT2D eigenvalue weighted by molar-refractivity contribution is -0.213. The van der Waals surface area contributed by atoms with Crippen molar-refractivity contribution in [1.82, 2.24) is 4.90 Å². The van der Waals surface area contributed by atoms with E-state index in [4.69, 9.17) is 18.3 Å². The van der Waals surface area contributed by atoms with Crippen molar-refractivity contribution in [3.05, 3.63) is 33.8 Å². The zero-order chi connectivity index (χ0) is 39.9. The Hall–Kier alpha value is -3.21. The van der Waals surface area contributed by atoms with E-state index < -0.39 is 28.0 Å². The van der Waals surface area contributed by atoms with Crippen molar-refractivity contribution >= 4 is 23.7 Å². The lowest BCUT2D eigenvalue weighted by Gasteiger charge is -2.71. The summed E-state index contributed by atoms with van der Waals surface area (Å²) in [4.78, 5) is 69.6. The topological polar surface area (TPSA) is 154 Å². The third-order valence-corrected chi connectivity index (χ3v) is 17.1. The smallest absolute Gasteiger partial charge is 0.481 e. The lowest BCUT2D eigenvalue weighted by Crippen LogP contribution is -2.70. The Balaban J connectivity index is 1.25. The standard InChI is InChI=1S/C44H63NO10/c1-9-30-31(55-38(51)54-30)25-53-37(50)44(8)32-11-16-43(7)34(41(32,5)15-12-33(44)45-21-13-26(14-22-45)35(47)52-10-2)29(46)23-27-28-24-40(4,36(48)49)18-17-39(28,3)19-20-42(27,43)6/h23,26,28,32-34H,9-22,24-25H2,1-8H3,(H,48,49)/t28-,32+,33-,34+,39+,40-,41-,42+,43+,44-/m0/s1. The van der Waals surface area contributed by atoms with Crippen LogP contribution in [0, 0.1) is 56.2 Å². The van der Waals surface area contributed by atoms with E-state index in [2.05, 4.69) is 32.6 Å². The van der Waals surface area contributed by atoms with Crippen LogP contribution in [0.15, 0.2) is 25.3 Å². The summed E-state index contributed by atoms with van der Waals surface area (Å²) in [5.41, 5.74) is -1.92. The van der Waals surface area contributed by atoms with E-state index in [1.54, 1.807) is 0 Å². The summed E-state index contributed by atoms with van der Waals surface area (Å²) in [6.45, 7) is 18.2. The zero-order valence-corrected chi connectivity index (χ0v) is 34.3. The van der Waals surface area contributed by atoms with Gasteiger partial charge in [0.25, 0.3) is 0 Å². The molecular formula is C44H63NO10. The highest BCUT2D eigenvalue weighted by atomic mass is 16.6. The second kappa shape index (κ2) is 13.7. The largest absolute Gasteiger partial charge is 0.519 e. The van der Waals surface area contributed by atoms with Crippen LogP contribution in [0.2, 0.25) is 0 Å². The molecule has 0 radical (unpaired) electrons. The highest BCUT2D eigenvalue weighted by Gasteiger charge is 2.72. The molecule has 6 aliphatic rings. The number of allylic oxidation sites excluding steroid dienone is 2. The molecule has 304 valence electrons. The number of carboxylic acid groups (broad SMARTS) is 1. The minimum atomic E-state index is -1.01. The number of carbonyl (C=O) groups is 4. The number of rotatable bonds is 8. The molecule has 10 atom stereocenters. The van der Waals surface area contributed by atoms with Gasteiger partial charge in [0.15, 0.2) is 23.9 Å². The second-order valence-corrected chi connectivity index (χ2v) is 19.7. The van der Waals surface area contributed by atoms with Crippen LogP contribution in [0.25, 0.3) is 0 Å². The average molecular weight is 766 g/mol. The van der Waals surface area contributed by atoms with Gasteiger partial charge in [-0.05, 0) is 144 Å². The Labute approximate surface area is 325 Å². The first-order chi connectivity index (χ1) is 25.8. The van der Waals surface area contributed by atoms with Gasteiger partial charge in [0.2, 0.25) is 0 Å². The fraction of sp³-hybridized carbons (Fsp3) is 0.795. The molecule has 0 amide bonds. The molecule has 11 nitrogen and oxygen atoms in total. The van der Waals surface area contributed by atoms with E-state index >= 15 is 4.79 Å². The number of hydrogen-bond acceptors (Lipinski definition) is 10. The summed E-state index contributed by atoms with van der Waals surface area (Å²) in [6.07, 6.45) is 10.6. The zero-order valence-electron chi connectivity index (χ0n) is 34.3. The Bertz CT molecular complexity index is 1820. The number of nitrogens with zero attached hydrogens (tertiary/aromatic N) is 1. The van der Waals surface area contributed by atoms with Gasteiger partial charge in [0.05, 0.1) is 23.4 Å². The molecule has 0 aromatic carbocycles. The first kappa shape index (κ1) is 40.0. The number of hydrogen-bond donors (Lipinski definition) is 1. The summed E-state index contributed by atoms with van der Waals surface area (Å²) in [5, 5.41) is 10.3. The maximum atomic E-state index is 15.1. The van der Waals surface area contributed by atoms with E-state index in [0.717, 1.165) is 44.1 Å². The molecule has 0 bridgehead atoms. The van der Waals surface area contributed by atoms with E-state index in [1.165, 1.54) is 0 Å². The number of carboxylic acids is 1. The Morgan fingerprint density at radius 1 is 0.855 bits per heavy atom. The van der Waals surface area contributed by atoms with Crippen molar-refractivity contribution in [1.29, 1.82) is 0 Å². The molecule has 0 unspecified atom stereocenters. The quantitative estimate of drug-likeness (QED) is 0.261. The van der Waals surface area contributed by atoms with Crippen molar-refractivity contribution in [3.8, 4) is 0 Å². The van der Waals surface area contributed by atoms with Gasteiger partial charge in [-0.25, -0.2) is 4.79 Å². The third-order valence-electron chi connectivity index (χ3n) is 17.1. The Kier molecular flexibility index (Phi) is 9.98. The summed E-state index contributed by atoms with van der Waals surface area (Å²) in [6, 6.07) is -0.181. The Morgan fingerprint density at radius 3 is 2.18 bits per heavy atom. The van der Waals surface area contributed by atoms with Crippen LogP contribution >= 0.6 is 0 Å². The maximum absolute atomic E-state index is 15.1. The predicted molar refractivity (Wildman–Crippen MR) is 203 cm³/mol. The van der Waals surface area contributed by atoms with Crippen molar-refractivity contribution in [3.63, 3.8) is 0 Å². The van der Waals surface area contributed by atoms with Gasteiger partial charge in [-0.15, -0.1) is 0 Å². The number of esters is 2. The van der Waals surface area contributed by atoms with Crippen LogP contribution in [-0.4, -0.2) is 59.4 Å². The molecule has 4 saturated carbocycles. The molecule has 5 fully saturated rings. The number of likely N-dealkylation sites (tertiary alicyclic amines) is 1. The van der Waals surface area contributed by atoms with Crippen molar-refractivity contribution < 1.29 is 42.6 Å². The first-order valence-electron chi connectivity index (χ1n) is 21.0.